The van der Waals surface area contributed by atoms with Crippen molar-refractivity contribution < 1.29 is 20.4 Å². The van der Waals surface area contributed by atoms with Gasteiger partial charge in [0, 0.05) is 35.4 Å². The Morgan fingerprint density at radius 1 is 0.714 bits per heavy atom. The van der Waals surface area contributed by atoms with Crippen LogP contribution in [0, 0.1) is 6.07 Å². The maximum atomic E-state index is 3.22. The maximum absolute atomic E-state index is 3.22. The second-order valence-corrected chi connectivity index (χ2v) is 15.4. The van der Waals surface area contributed by atoms with Gasteiger partial charge in [-0.3, -0.25) is 0 Å². The molecular formula is C25H40NPPd. The largest absolute Gasteiger partial charge is 0.395 e. The van der Waals surface area contributed by atoms with Gasteiger partial charge in [0.05, 0.1) is 15.5 Å². The fourth-order valence-electron chi connectivity index (χ4n) is 4.87. The van der Waals surface area contributed by atoms with Gasteiger partial charge in [-0.1, -0.05) is 23.8 Å². The minimum atomic E-state index is -0.391. The standard InChI is InChI=1S/C13H12N.C12H27P.Pd/c1-14-13-10-6-5-9-12(13)11-7-3-2-4-8-11;1-10(2,3)13(11(4,5)6)12(7,8)9;/h2-7,9-10,14H,1H3;1-9H3;/q-1;;/p+1. The Kier molecular flexibility index (Phi) is 10.7. The summed E-state index contributed by atoms with van der Waals surface area (Å²) in [5, 5.41) is 4.64. The average Bonchev–Trinajstić information content (AvgIpc) is 2.51. The second-order valence-electron chi connectivity index (χ2n) is 10.2. The first-order valence-electron chi connectivity index (χ1n) is 9.90. The van der Waals surface area contributed by atoms with Gasteiger partial charge in [-0.25, -0.2) is 0 Å². The molecule has 1 N–H and O–H groups in total. The summed E-state index contributed by atoms with van der Waals surface area (Å²) >= 11 is 0. The van der Waals surface area contributed by atoms with Gasteiger partial charge in [-0.05, 0) is 74.1 Å². The third-order valence-corrected chi connectivity index (χ3v) is 8.95. The molecule has 0 amide bonds. The minimum Gasteiger partial charge on any atom is -0.395 e. The molecule has 0 saturated heterocycles. The van der Waals surface area contributed by atoms with Crippen LogP contribution in [0.4, 0.5) is 5.69 Å². The Morgan fingerprint density at radius 2 is 1.18 bits per heavy atom. The fraction of sp³-hybridized carbons (Fsp3) is 0.520. The molecule has 0 radical (unpaired) electrons. The maximum Gasteiger partial charge on any atom is 0.0703 e. The molecule has 2 aromatic carbocycles. The topological polar surface area (TPSA) is 12.0 Å². The van der Waals surface area contributed by atoms with Gasteiger partial charge in [0.25, 0.3) is 0 Å². The van der Waals surface area contributed by atoms with Crippen LogP contribution in [0.3, 0.4) is 0 Å². The van der Waals surface area contributed by atoms with E-state index < -0.39 is 7.92 Å². The Balaban J connectivity index is 0.000000505. The summed E-state index contributed by atoms with van der Waals surface area (Å²) < 4.78 is 0. The Labute approximate surface area is 189 Å². The minimum absolute atomic E-state index is 0. The van der Waals surface area contributed by atoms with Crippen LogP contribution in [0.1, 0.15) is 62.3 Å². The number of anilines is 1. The van der Waals surface area contributed by atoms with Crippen molar-refractivity contribution >= 4 is 13.6 Å². The molecule has 0 aromatic heterocycles. The Morgan fingerprint density at radius 3 is 1.54 bits per heavy atom. The number of hydrogen-bond acceptors (Lipinski definition) is 1. The molecule has 2 rings (SSSR count). The van der Waals surface area contributed by atoms with Crippen molar-refractivity contribution in [3.63, 3.8) is 0 Å². The molecule has 0 aliphatic carbocycles. The molecule has 0 aliphatic rings. The number of para-hydroxylation sites is 1. The number of rotatable bonds is 2. The summed E-state index contributed by atoms with van der Waals surface area (Å²) in [5.74, 6) is 0. The molecule has 1 nitrogen and oxygen atoms in total. The first-order valence-corrected chi connectivity index (χ1v) is 11.4. The van der Waals surface area contributed by atoms with E-state index in [-0.39, 0.29) is 20.4 Å². The van der Waals surface area contributed by atoms with Crippen molar-refractivity contribution in [2.75, 3.05) is 12.4 Å². The van der Waals surface area contributed by atoms with Crippen molar-refractivity contribution in [3.8, 4) is 11.1 Å². The normalized spacial score (nSPS) is 12.0. The van der Waals surface area contributed by atoms with E-state index in [9.17, 15) is 0 Å². The summed E-state index contributed by atoms with van der Waals surface area (Å²) in [5.41, 5.74) is 3.45. The first-order chi connectivity index (χ1) is 12.3. The van der Waals surface area contributed by atoms with Crippen LogP contribution in [0.15, 0.2) is 48.5 Å². The SMILES string of the molecule is CC(C)(C)[PH+](C(C)(C)C)C(C)(C)C.CNc1ccccc1-c1[c-]cccc1.[Pd]. The van der Waals surface area contributed by atoms with Crippen molar-refractivity contribution in [1.82, 2.24) is 0 Å². The van der Waals surface area contributed by atoms with E-state index in [0.29, 0.717) is 15.5 Å². The molecule has 0 atom stereocenters. The summed E-state index contributed by atoms with van der Waals surface area (Å²) in [6.07, 6.45) is 0. The molecular weight excluding hydrogens is 452 g/mol. The zero-order valence-corrected chi connectivity index (χ0v) is 22.0. The number of nitrogens with one attached hydrogen (secondary N) is 1. The zero-order chi connectivity index (χ0) is 20.9. The van der Waals surface area contributed by atoms with Crippen molar-refractivity contribution in [2.45, 2.75) is 77.8 Å². The van der Waals surface area contributed by atoms with E-state index >= 15 is 0 Å². The molecule has 3 heteroatoms. The second kappa shape index (κ2) is 10.9. The Bertz CT molecular complexity index is 658. The van der Waals surface area contributed by atoms with Crippen LogP contribution in [-0.4, -0.2) is 22.5 Å². The van der Waals surface area contributed by atoms with E-state index in [2.05, 4.69) is 91.9 Å². The summed E-state index contributed by atoms with van der Waals surface area (Å²) in [6, 6.07) is 19.4. The quantitative estimate of drug-likeness (QED) is 0.257. The molecule has 28 heavy (non-hydrogen) atoms. The molecule has 0 spiro atoms. The number of hydrogen-bond donors (Lipinski definition) is 1. The summed E-state index contributed by atoms with van der Waals surface area (Å²) in [7, 11) is 1.54. The van der Waals surface area contributed by atoms with E-state index in [1.807, 2.05) is 37.4 Å². The molecule has 0 unspecified atom stereocenters. The van der Waals surface area contributed by atoms with Gasteiger partial charge in [0.2, 0.25) is 0 Å². The number of benzene rings is 2. The summed E-state index contributed by atoms with van der Waals surface area (Å²) in [6.45, 7) is 21.6. The van der Waals surface area contributed by atoms with Crippen LogP contribution in [0.5, 0.6) is 0 Å². The molecule has 160 valence electrons. The van der Waals surface area contributed by atoms with Crippen LogP contribution in [-0.2, 0) is 20.4 Å². The van der Waals surface area contributed by atoms with Crippen LogP contribution in [0.2, 0.25) is 0 Å². The van der Waals surface area contributed by atoms with Crippen LogP contribution >= 0.6 is 7.92 Å². The monoisotopic (exact) mass is 491 g/mol. The van der Waals surface area contributed by atoms with Gasteiger partial charge in [-0.15, -0.1) is 35.9 Å². The third-order valence-electron chi connectivity index (χ3n) is 4.45. The van der Waals surface area contributed by atoms with Gasteiger partial charge < -0.3 is 5.32 Å². The molecule has 0 fully saturated rings. The third kappa shape index (κ3) is 8.37. The average molecular weight is 492 g/mol. The van der Waals surface area contributed by atoms with Crippen molar-refractivity contribution in [2.24, 2.45) is 0 Å². The van der Waals surface area contributed by atoms with E-state index in [4.69, 9.17) is 0 Å². The predicted octanol–water partition coefficient (Wildman–Crippen LogP) is 7.79. The van der Waals surface area contributed by atoms with Crippen LogP contribution < -0.4 is 5.32 Å². The predicted molar refractivity (Wildman–Crippen MR) is 128 cm³/mol. The fourth-order valence-corrected chi connectivity index (χ4v) is 11.6. The van der Waals surface area contributed by atoms with E-state index in [1.54, 1.807) is 0 Å². The first kappa shape index (κ1) is 27.3. The van der Waals surface area contributed by atoms with Crippen LogP contribution in [0.25, 0.3) is 11.1 Å². The Hall–Kier alpha value is -0.668. The molecule has 0 saturated carbocycles. The van der Waals surface area contributed by atoms with Crippen molar-refractivity contribution in [1.29, 1.82) is 0 Å². The summed E-state index contributed by atoms with van der Waals surface area (Å²) in [4.78, 5) is 0. The molecule has 0 bridgehead atoms. The van der Waals surface area contributed by atoms with Gasteiger partial charge >= 0.3 is 0 Å². The van der Waals surface area contributed by atoms with E-state index in [1.165, 1.54) is 5.56 Å². The van der Waals surface area contributed by atoms with Crippen molar-refractivity contribution in [3.05, 3.63) is 54.6 Å². The zero-order valence-electron chi connectivity index (χ0n) is 19.4. The molecule has 0 aliphatic heterocycles. The molecule has 2 aromatic rings. The van der Waals surface area contributed by atoms with Gasteiger partial charge in [-0.2, -0.15) is 0 Å². The van der Waals surface area contributed by atoms with Gasteiger partial charge in [0.1, 0.15) is 0 Å². The van der Waals surface area contributed by atoms with Gasteiger partial charge in [0.15, 0.2) is 0 Å². The smallest absolute Gasteiger partial charge is 0.0703 e. The van der Waals surface area contributed by atoms with E-state index in [0.717, 1.165) is 11.3 Å². The molecule has 0 heterocycles.